The third kappa shape index (κ3) is 5.92. The monoisotopic (exact) mass is 477 g/mol. The van der Waals surface area contributed by atoms with Crippen LogP contribution in [0.15, 0.2) is 24.3 Å². The molecule has 0 saturated heterocycles. The molecule has 1 unspecified atom stereocenters. The van der Waals surface area contributed by atoms with Crippen molar-refractivity contribution in [2.24, 2.45) is 0 Å². The van der Waals surface area contributed by atoms with Crippen molar-refractivity contribution in [3.8, 4) is 11.1 Å². The van der Waals surface area contributed by atoms with E-state index in [0.717, 1.165) is 18.2 Å². The van der Waals surface area contributed by atoms with Crippen molar-refractivity contribution in [2.75, 3.05) is 0 Å². The van der Waals surface area contributed by atoms with Gasteiger partial charge in [0.1, 0.15) is 11.6 Å². The number of aliphatic carboxylic acids is 1. The van der Waals surface area contributed by atoms with E-state index in [9.17, 15) is 31.7 Å². The topological polar surface area (TPSA) is 66.4 Å². The Bertz CT molecular complexity index is 1040. The Labute approximate surface area is 185 Å². The maximum Gasteiger partial charge on any atom is 0.419 e. The average molecular weight is 477 g/mol. The summed E-state index contributed by atoms with van der Waals surface area (Å²) >= 11 is 0. The molecular weight excluding hydrogens is 453 g/mol. The average Bonchev–Trinajstić information content (AvgIpc) is 2.59. The highest BCUT2D eigenvalue weighted by atomic mass is 32.2. The zero-order chi connectivity index (χ0) is 24.6. The SMILES string of the molecule is Cc1cc(F)cc(C)c1-c1cc([C@H](CC(=O)O)NS(=O)C(C)(C)C)c(F)c(C(F)(F)F)c1. The van der Waals surface area contributed by atoms with Crippen LogP contribution in [0, 0.1) is 25.5 Å². The van der Waals surface area contributed by atoms with Crippen molar-refractivity contribution >= 4 is 17.0 Å². The van der Waals surface area contributed by atoms with Gasteiger partial charge in [-0.1, -0.05) is 0 Å². The summed E-state index contributed by atoms with van der Waals surface area (Å²) in [6.07, 6.45) is -5.88. The molecule has 2 N–H and O–H groups in total. The largest absolute Gasteiger partial charge is 0.481 e. The number of rotatable bonds is 6. The van der Waals surface area contributed by atoms with Gasteiger partial charge in [0.15, 0.2) is 0 Å². The van der Waals surface area contributed by atoms with Crippen LogP contribution >= 0.6 is 0 Å². The van der Waals surface area contributed by atoms with Crippen LogP contribution in [0.1, 0.15) is 55.5 Å². The Kier molecular flexibility index (Phi) is 7.51. The lowest BCUT2D eigenvalue weighted by molar-refractivity contribution is -0.140. The Balaban J connectivity index is 2.81. The second-order valence-electron chi connectivity index (χ2n) is 8.49. The first-order valence-corrected chi connectivity index (χ1v) is 10.7. The van der Waals surface area contributed by atoms with Crippen molar-refractivity contribution < 1.29 is 36.1 Å². The molecule has 0 bridgehead atoms. The maximum atomic E-state index is 15.1. The van der Waals surface area contributed by atoms with Gasteiger partial charge in [-0.3, -0.25) is 4.79 Å². The molecule has 0 amide bonds. The maximum absolute atomic E-state index is 15.1. The molecule has 0 saturated carbocycles. The van der Waals surface area contributed by atoms with E-state index in [0.29, 0.717) is 17.2 Å². The third-order valence-electron chi connectivity index (χ3n) is 4.75. The summed E-state index contributed by atoms with van der Waals surface area (Å²) in [7, 11) is -1.89. The standard InChI is InChI=1S/C22H24F5NO3S/c1-11-6-14(23)7-12(2)19(11)13-8-15(20(24)16(9-13)22(25,26)27)17(10-18(29)30)28-32(31)21(3,4)5/h6-9,17,28H,10H2,1-5H3,(H,29,30)/t17-,32?/m0/s1. The van der Waals surface area contributed by atoms with E-state index in [4.69, 9.17) is 0 Å². The fourth-order valence-corrected chi connectivity index (χ4v) is 4.14. The van der Waals surface area contributed by atoms with E-state index in [2.05, 4.69) is 4.72 Å². The third-order valence-corrected chi connectivity index (χ3v) is 6.36. The van der Waals surface area contributed by atoms with Crippen LogP contribution in [-0.4, -0.2) is 20.0 Å². The number of alkyl halides is 3. The van der Waals surface area contributed by atoms with Gasteiger partial charge < -0.3 is 5.11 Å². The highest BCUT2D eigenvalue weighted by Gasteiger charge is 2.38. The number of carbonyl (C=O) groups is 1. The summed E-state index contributed by atoms with van der Waals surface area (Å²) in [5.41, 5.74) is -1.31. The van der Waals surface area contributed by atoms with Gasteiger partial charge in [-0.2, -0.15) is 13.2 Å². The molecule has 0 fully saturated rings. The molecular formula is C22H24F5NO3S. The lowest BCUT2D eigenvalue weighted by Crippen LogP contribution is -2.37. The smallest absolute Gasteiger partial charge is 0.419 e. The molecule has 2 rings (SSSR count). The van der Waals surface area contributed by atoms with E-state index >= 15 is 4.39 Å². The molecule has 176 valence electrons. The van der Waals surface area contributed by atoms with Gasteiger partial charge in [0, 0.05) is 5.56 Å². The molecule has 0 heterocycles. The van der Waals surface area contributed by atoms with E-state index < -0.39 is 63.1 Å². The summed E-state index contributed by atoms with van der Waals surface area (Å²) in [5.74, 6) is -3.64. The molecule has 0 radical (unpaired) electrons. The number of carboxylic acid groups (broad SMARTS) is 1. The second kappa shape index (κ2) is 9.27. The predicted octanol–water partition coefficient (Wildman–Crippen LogP) is 5.84. The molecule has 2 aromatic carbocycles. The van der Waals surface area contributed by atoms with Crippen molar-refractivity contribution in [3.63, 3.8) is 0 Å². The van der Waals surface area contributed by atoms with Crippen molar-refractivity contribution in [1.82, 2.24) is 4.72 Å². The summed E-state index contributed by atoms with van der Waals surface area (Å²) in [4.78, 5) is 11.4. The van der Waals surface area contributed by atoms with Crippen LogP contribution in [0.2, 0.25) is 0 Å². The van der Waals surface area contributed by atoms with Gasteiger partial charge in [0.2, 0.25) is 0 Å². The second-order valence-corrected chi connectivity index (χ2v) is 10.5. The van der Waals surface area contributed by atoms with Crippen molar-refractivity contribution in [1.29, 1.82) is 0 Å². The molecule has 2 aromatic rings. The molecule has 32 heavy (non-hydrogen) atoms. The molecule has 2 atom stereocenters. The number of aryl methyl sites for hydroxylation is 2. The zero-order valence-electron chi connectivity index (χ0n) is 18.2. The molecule has 0 aromatic heterocycles. The van der Waals surface area contributed by atoms with Gasteiger partial charge in [-0.25, -0.2) is 17.7 Å². The number of carboxylic acids is 1. The fourth-order valence-electron chi connectivity index (χ4n) is 3.31. The quantitative estimate of drug-likeness (QED) is 0.514. The summed E-state index contributed by atoms with van der Waals surface area (Å²) < 4.78 is 83.9. The van der Waals surface area contributed by atoms with Gasteiger partial charge >= 0.3 is 12.1 Å². The zero-order valence-corrected chi connectivity index (χ0v) is 19.0. The number of benzene rings is 2. The van der Waals surface area contributed by atoms with Crippen LogP contribution in [0.4, 0.5) is 22.0 Å². The van der Waals surface area contributed by atoms with Gasteiger partial charge in [-0.05, 0) is 81.1 Å². The Morgan fingerprint density at radius 3 is 2.03 bits per heavy atom. The minimum Gasteiger partial charge on any atom is -0.481 e. The van der Waals surface area contributed by atoms with Crippen LogP contribution in [-0.2, 0) is 22.0 Å². The first-order valence-electron chi connectivity index (χ1n) is 9.60. The summed E-state index contributed by atoms with van der Waals surface area (Å²) in [6, 6.07) is 2.48. The van der Waals surface area contributed by atoms with Crippen LogP contribution in [0.3, 0.4) is 0 Å². The Hall–Kier alpha value is -2.33. The number of hydrogen-bond acceptors (Lipinski definition) is 2. The van der Waals surface area contributed by atoms with E-state index in [1.165, 1.54) is 13.8 Å². The fraction of sp³-hybridized carbons (Fsp3) is 0.409. The van der Waals surface area contributed by atoms with Gasteiger partial charge in [0.05, 0.1) is 33.8 Å². The Morgan fingerprint density at radius 1 is 1.06 bits per heavy atom. The normalized spacial score (nSPS) is 14.3. The van der Waals surface area contributed by atoms with Crippen molar-refractivity contribution in [3.05, 3.63) is 58.2 Å². The summed E-state index contributed by atoms with van der Waals surface area (Å²) in [5, 5.41) is 9.26. The summed E-state index contributed by atoms with van der Waals surface area (Å²) in [6.45, 7) is 7.74. The van der Waals surface area contributed by atoms with Crippen LogP contribution in [0.25, 0.3) is 11.1 Å². The van der Waals surface area contributed by atoms with E-state index in [-0.39, 0.29) is 11.1 Å². The van der Waals surface area contributed by atoms with Gasteiger partial charge in [0.25, 0.3) is 0 Å². The highest BCUT2D eigenvalue weighted by molar-refractivity contribution is 7.84. The molecule has 10 heteroatoms. The lowest BCUT2D eigenvalue weighted by atomic mass is 9.90. The van der Waals surface area contributed by atoms with E-state index in [1.54, 1.807) is 20.8 Å². The van der Waals surface area contributed by atoms with E-state index in [1.807, 2.05) is 0 Å². The Morgan fingerprint density at radius 2 is 1.59 bits per heavy atom. The number of nitrogens with one attached hydrogen (secondary N) is 1. The number of halogens is 5. The van der Waals surface area contributed by atoms with Crippen LogP contribution < -0.4 is 4.72 Å². The minimum atomic E-state index is -5.08. The molecule has 4 nitrogen and oxygen atoms in total. The number of hydrogen-bond donors (Lipinski definition) is 2. The molecule has 0 spiro atoms. The lowest BCUT2D eigenvalue weighted by Gasteiger charge is -2.25. The predicted molar refractivity (Wildman–Crippen MR) is 112 cm³/mol. The van der Waals surface area contributed by atoms with Crippen molar-refractivity contribution in [2.45, 2.75) is 58.0 Å². The molecule has 0 aliphatic rings. The minimum absolute atomic E-state index is 0.0533. The molecule has 0 aliphatic heterocycles. The molecule has 0 aliphatic carbocycles. The highest BCUT2D eigenvalue weighted by Crippen LogP contribution is 2.40. The first-order chi connectivity index (χ1) is 14.5. The first kappa shape index (κ1) is 25.9. The van der Waals surface area contributed by atoms with Crippen LogP contribution in [0.5, 0.6) is 0 Å². The van der Waals surface area contributed by atoms with Gasteiger partial charge in [-0.15, -0.1) is 0 Å².